The van der Waals surface area contributed by atoms with E-state index in [0.717, 1.165) is 5.56 Å². The minimum Gasteiger partial charge on any atom is -0.477 e. The molecule has 0 atom stereocenters. The molecule has 1 aromatic heterocycles. The highest BCUT2D eigenvalue weighted by Crippen LogP contribution is 2.28. The van der Waals surface area contributed by atoms with Gasteiger partial charge < -0.3 is 10.1 Å². The number of hydrogen-bond donors (Lipinski definition) is 1. The molecule has 2 aromatic carbocycles. The Morgan fingerprint density at radius 3 is 2.85 bits per heavy atom. The first-order valence-electron chi connectivity index (χ1n) is 7.76. The van der Waals surface area contributed by atoms with Crippen molar-refractivity contribution < 1.29 is 14.5 Å². The van der Waals surface area contributed by atoms with Crippen LogP contribution < -0.4 is 10.1 Å². The van der Waals surface area contributed by atoms with Gasteiger partial charge >= 0.3 is 5.69 Å². The summed E-state index contributed by atoms with van der Waals surface area (Å²) < 4.78 is 6.82. The van der Waals surface area contributed by atoms with Crippen LogP contribution in [-0.4, -0.2) is 32.2 Å². The summed E-state index contributed by atoms with van der Waals surface area (Å²) in [6.07, 6.45) is 2.84. The first-order chi connectivity index (χ1) is 12.9. The van der Waals surface area contributed by atoms with Crippen molar-refractivity contribution in [3.63, 3.8) is 0 Å². The van der Waals surface area contributed by atoms with Crippen LogP contribution >= 0.6 is 11.6 Å². The molecule has 0 spiro atoms. The van der Waals surface area contributed by atoms with Gasteiger partial charge in [0.25, 0.3) is 5.91 Å². The quantitative estimate of drug-likeness (QED) is 0.513. The smallest absolute Gasteiger partial charge is 0.310 e. The Morgan fingerprint density at radius 2 is 2.15 bits per heavy atom. The lowest BCUT2D eigenvalue weighted by atomic mass is 10.2. The highest BCUT2D eigenvalue weighted by atomic mass is 35.5. The lowest BCUT2D eigenvalue weighted by molar-refractivity contribution is -0.385. The molecule has 1 heterocycles. The molecule has 3 aromatic rings. The van der Waals surface area contributed by atoms with E-state index in [-0.39, 0.29) is 11.4 Å². The van der Waals surface area contributed by atoms with Gasteiger partial charge in [0, 0.05) is 11.1 Å². The third-order valence-electron chi connectivity index (χ3n) is 3.57. The number of aryl methyl sites for hydroxylation is 1. The number of carbonyl (C=O) groups is 1. The second kappa shape index (κ2) is 7.83. The number of nitro groups is 1. The molecular formula is C17H14ClN5O4. The molecule has 0 bridgehead atoms. The predicted molar refractivity (Wildman–Crippen MR) is 98.3 cm³/mol. The van der Waals surface area contributed by atoms with Crippen molar-refractivity contribution in [3.8, 4) is 11.4 Å². The zero-order chi connectivity index (χ0) is 19.4. The van der Waals surface area contributed by atoms with Gasteiger partial charge in [-0.25, -0.2) is 9.67 Å². The molecule has 0 saturated heterocycles. The maximum absolute atomic E-state index is 12.3. The van der Waals surface area contributed by atoms with E-state index in [1.807, 2.05) is 0 Å². The highest BCUT2D eigenvalue weighted by molar-refractivity contribution is 6.31. The van der Waals surface area contributed by atoms with Gasteiger partial charge in [0.05, 0.1) is 16.3 Å². The summed E-state index contributed by atoms with van der Waals surface area (Å²) in [7, 11) is 0. The van der Waals surface area contributed by atoms with Gasteiger partial charge in [-0.05, 0) is 36.8 Å². The fraction of sp³-hybridized carbons (Fsp3) is 0.118. The second-order valence-electron chi connectivity index (χ2n) is 5.57. The molecule has 138 valence electrons. The highest BCUT2D eigenvalue weighted by Gasteiger charge is 2.17. The number of aromatic nitrogens is 3. The molecular weight excluding hydrogens is 374 g/mol. The summed E-state index contributed by atoms with van der Waals surface area (Å²) in [4.78, 5) is 26.7. The number of carbonyl (C=O) groups excluding carboxylic acids is 1. The number of rotatable bonds is 6. The van der Waals surface area contributed by atoms with E-state index < -0.39 is 17.4 Å². The number of nitrogens with zero attached hydrogens (tertiary/aromatic N) is 4. The molecule has 3 rings (SSSR count). The monoisotopic (exact) mass is 387 g/mol. The molecule has 0 aliphatic rings. The van der Waals surface area contributed by atoms with Gasteiger partial charge in [-0.1, -0.05) is 17.7 Å². The fourth-order valence-corrected chi connectivity index (χ4v) is 2.53. The Hall–Kier alpha value is -3.46. The van der Waals surface area contributed by atoms with E-state index in [1.54, 1.807) is 31.2 Å². The Kier molecular flexibility index (Phi) is 5.32. The van der Waals surface area contributed by atoms with Crippen LogP contribution in [0.15, 0.2) is 49.1 Å². The van der Waals surface area contributed by atoms with E-state index in [1.165, 1.54) is 29.5 Å². The number of anilines is 1. The molecule has 1 amide bonds. The number of benzene rings is 2. The normalized spacial score (nSPS) is 10.4. The third-order valence-corrected chi connectivity index (χ3v) is 3.80. The molecule has 0 radical (unpaired) electrons. The van der Waals surface area contributed by atoms with Crippen LogP contribution in [0.1, 0.15) is 5.56 Å². The zero-order valence-electron chi connectivity index (χ0n) is 14.1. The number of ether oxygens (including phenoxy) is 1. The van der Waals surface area contributed by atoms with Crippen LogP contribution in [0.3, 0.4) is 0 Å². The minimum atomic E-state index is -0.563. The van der Waals surface area contributed by atoms with Crippen molar-refractivity contribution in [3.05, 3.63) is 69.8 Å². The van der Waals surface area contributed by atoms with Gasteiger partial charge in [-0.2, -0.15) is 5.10 Å². The summed E-state index contributed by atoms with van der Waals surface area (Å²) >= 11 is 6.00. The maximum Gasteiger partial charge on any atom is 0.310 e. The maximum atomic E-state index is 12.3. The van der Waals surface area contributed by atoms with Gasteiger partial charge in [0.2, 0.25) is 0 Å². The van der Waals surface area contributed by atoms with Crippen LogP contribution in [0.5, 0.6) is 5.75 Å². The van der Waals surface area contributed by atoms with Gasteiger partial charge in [0.1, 0.15) is 12.7 Å². The predicted octanol–water partition coefficient (Wildman–Crippen LogP) is 3.15. The summed E-state index contributed by atoms with van der Waals surface area (Å²) in [6, 6.07) is 9.33. The number of amides is 1. The molecule has 0 aliphatic heterocycles. The molecule has 27 heavy (non-hydrogen) atoms. The van der Waals surface area contributed by atoms with E-state index in [4.69, 9.17) is 16.3 Å². The molecule has 0 unspecified atom stereocenters. The molecule has 0 fully saturated rings. The summed E-state index contributed by atoms with van der Waals surface area (Å²) in [5, 5.41) is 18.2. The molecule has 9 nitrogen and oxygen atoms in total. The van der Waals surface area contributed by atoms with Gasteiger partial charge in [-0.15, -0.1) is 0 Å². The van der Waals surface area contributed by atoms with Crippen LogP contribution in [0.25, 0.3) is 5.69 Å². The van der Waals surface area contributed by atoms with E-state index in [9.17, 15) is 14.9 Å². The molecule has 0 saturated carbocycles. The Balaban J connectivity index is 1.75. The van der Waals surface area contributed by atoms with Crippen LogP contribution in [-0.2, 0) is 4.79 Å². The Morgan fingerprint density at radius 1 is 1.33 bits per heavy atom. The van der Waals surface area contributed by atoms with E-state index in [0.29, 0.717) is 16.4 Å². The second-order valence-corrected chi connectivity index (χ2v) is 6.00. The fourth-order valence-electron chi connectivity index (χ4n) is 2.36. The lowest BCUT2D eigenvalue weighted by Crippen LogP contribution is -2.21. The first kappa shape index (κ1) is 18.3. The average Bonchev–Trinajstić information content (AvgIpc) is 3.14. The largest absolute Gasteiger partial charge is 0.477 e. The first-order valence-corrected chi connectivity index (χ1v) is 8.14. The van der Waals surface area contributed by atoms with Crippen LogP contribution in [0.2, 0.25) is 5.02 Å². The van der Waals surface area contributed by atoms with Crippen molar-refractivity contribution >= 4 is 28.9 Å². The van der Waals surface area contributed by atoms with E-state index in [2.05, 4.69) is 15.4 Å². The van der Waals surface area contributed by atoms with E-state index >= 15 is 0 Å². The van der Waals surface area contributed by atoms with Gasteiger partial charge in [0.15, 0.2) is 12.4 Å². The van der Waals surface area contributed by atoms with Crippen molar-refractivity contribution in [2.45, 2.75) is 6.92 Å². The van der Waals surface area contributed by atoms with Crippen molar-refractivity contribution in [2.75, 3.05) is 11.9 Å². The zero-order valence-corrected chi connectivity index (χ0v) is 14.9. The Labute approximate surface area is 158 Å². The van der Waals surface area contributed by atoms with Crippen molar-refractivity contribution in [2.24, 2.45) is 0 Å². The third kappa shape index (κ3) is 4.39. The average molecular weight is 388 g/mol. The van der Waals surface area contributed by atoms with Gasteiger partial charge in [-0.3, -0.25) is 14.9 Å². The number of hydrogen-bond acceptors (Lipinski definition) is 6. The summed E-state index contributed by atoms with van der Waals surface area (Å²) in [5.41, 5.74) is 1.53. The summed E-state index contributed by atoms with van der Waals surface area (Å²) in [5.74, 6) is -0.479. The molecule has 0 aliphatic carbocycles. The standard InChI is InChI=1S/C17H14ClN5O4/c1-11-2-4-15(23(25)26)16(6-11)27-8-17(24)21-13-7-12(18)3-5-14(13)22-10-19-9-20-22/h2-7,9-10H,8H2,1H3,(H,21,24). The molecule has 1 N–H and O–H groups in total. The SMILES string of the molecule is Cc1ccc([N+](=O)[O-])c(OCC(=O)Nc2cc(Cl)ccc2-n2cncn2)c1. The van der Waals surface area contributed by atoms with Crippen molar-refractivity contribution in [1.82, 2.24) is 14.8 Å². The topological polar surface area (TPSA) is 112 Å². The van der Waals surface area contributed by atoms with Crippen LogP contribution in [0, 0.1) is 17.0 Å². The lowest BCUT2D eigenvalue weighted by Gasteiger charge is -2.12. The summed E-state index contributed by atoms with van der Waals surface area (Å²) in [6.45, 7) is 1.36. The Bertz CT molecular complexity index is 991. The number of halogens is 1. The van der Waals surface area contributed by atoms with Crippen molar-refractivity contribution in [1.29, 1.82) is 0 Å². The minimum absolute atomic E-state index is 0.0257. The number of nitro benzene ring substituents is 1. The number of nitrogens with one attached hydrogen (secondary N) is 1. The van der Waals surface area contributed by atoms with Crippen LogP contribution in [0.4, 0.5) is 11.4 Å². The molecule has 10 heteroatoms.